The van der Waals surface area contributed by atoms with Gasteiger partial charge in [-0.1, -0.05) is 60.1 Å². The maximum atomic E-state index is 13.1. The Morgan fingerprint density at radius 2 is 1.79 bits per heavy atom. The third-order valence-electron chi connectivity index (χ3n) is 5.65. The van der Waals surface area contributed by atoms with E-state index in [1.807, 2.05) is 12.1 Å². The van der Waals surface area contributed by atoms with E-state index in [0.717, 1.165) is 56.1 Å². The fraction of sp³-hybridized carbons (Fsp3) is 0.250. The van der Waals surface area contributed by atoms with Crippen LogP contribution in [0.4, 0.5) is 0 Å². The van der Waals surface area contributed by atoms with Gasteiger partial charge in [0.15, 0.2) is 5.78 Å². The molecular formula is C24H22BrClN2O. The summed E-state index contributed by atoms with van der Waals surface area (Å²) in [6.07, 6.45) is 2.14. The van der Waals surface area contributed by atoms with Crippen molar-refractivity contribution in [3.8, 4) is 0 Å². The zero-order valence-corrected chi connectivity index (χ0v) is 18.8. The third kappa shape index (κ3) is 3.49. The number of hydrogen-bond donors (Lipinski definition) is 1. The standard InChI is InChI=1S/C24H21BrN2O.ClH/c1-24(2)12-19-22(20(28)13-24)21-16-5-3-4-6-17(16)27-23(21)18(26-19)11-14-7-9-15(25)10-8-14;/h3-10,27H,11-13H2,1-2H3;1H. The molecule has 0 saturated heterocycles. The molecule has 29 heavy (non-hydrogen) atoms. The van der Waals surface area contributed by atoms with Gasteiger partial charge in [0.05, 0.1) is 16.9 Å². The number of nitrogens with one attached hydrogen (secondary N) is 1. The van der Waals surface area contributed by atoms with Gasteiger partial charge < -0.3 is 4.98 Å². The number of carbonyl (C=O) groups is 1. The number of Topliss-reactive ketones (excluding diaryl/α,β-unsaturated/α-hetero) is 1. The predicted octanol–water partition coefficient (Wildman–Crippen LogP) is 6.65. The van der Waals surface area contributed by atoms with Gasteiger partial charge in [-0.05, 0) is 35.6 Å². The number of halogens is 2. The molecule has 0 unspecified atom stereocenters. The highest BCUT2D eigenvalue weighted by Gasteiger charge is 2.34. The summed E-state index contributed by atoms with van der Waals surface area (Å²) in [5.41, 5.74) is 6.00. The minimum Gasteiger partial charge on any atom is -0.353 e. The van der Waals surface area contributed by atoms with Crippen molar-refractivity contribution in [3.63, 3.8) is 0 Å². The molecule has 0 spiro atoms. The molecular weight excluding hydrogens is 448 g/mol. The summed E-state index contributed by atoms with van der Waals surface area (Å²) >= 11 is 3.50. The van der Waals surface area contributed by atoms with E-state index in [0.29, 0.717) is 6.42 Å². The average molecular weight is 470 g/mol. The molecule has 1 N–H and O–H groups in total. The van der Waals surface area contributed by atoms with Crippen molar-refractivity contribution >= 4 is 55.9 Å². The lowest BCUT2D eigenvalue weighted by molar-refractivity contribution is 0.0912. The SMILES string of the molecule is CC1(C)CC(=O)c2c(nc(Cc3ccc(Br)cc3)c3[nH]c4ccccc4c23)C1.Cl. The van der Waals surface area contributed by atoms with Gasteiger partial charge in [-0.15, -0.1) is 12.4 Å². The maximum Gasteiger partial charge on any atom is 0.165 e. The highest BCUT2D eigenvalue weighted by Crippen LogP contribution is 2.40. The number of benzene rings is 2. The van der Waals surface area contributed by atoms with Gasteiger partial charge in [-0.3, -0.25) is 9.78 Å². The molecule has 5 rings (SSSR count). The number of rotatable bonds is 2. The molecule has 0 amide bonds. The van der Waals surface area contributed by atoms with E-state index in [-0.39, 0.29) is 23.6 Å². The second-order valence-electron chi connectivity index (χ2n) is 8.54. The summed E-state index contributed by atoms with van der Waals surface area (Å²) in [5.74, 6) is 0.212. The maximum absolute atomic E-state index is 13.1. The van der Waals surface area contributed by atoms with E-state index in [1.165, 1.54) is 5.56 Å². The van der Waals surface area contributed by atoms with Gasteiger partial charge in [0, 0.05) is 39.2 Å². The molecule has 2 heterocycles. The molecule has 5 heteroatoms. The van der Waals surface area contributed by atoms with Gasteiger partial charge in [0.25, 0.3) is 0 Å². The summed E-state index contributed by atoms with van der Waals surface area (Å²) in [7, 11) is 0. The first-order chi connectivity index (χ1) is 13.4. The molecule has 3 nitrogen and oxygen atoms in total. The second kappa shape index (κ2) is 7.26. The Labute approximate surface area is 184 Å². The minimum absolute atomic E-state index is 0. The van der Waals surface area contributed by atoms with Crippen LogP contribution in [0.2, 0.25) is 0 Å². The Morgan fingerprint density at radius 1 is 1.07 bits per heavy atom. The molecule has 0 saturated carbocycles. The fourth-order valence-corrected chi connectivity index (χ4v) is 4.69. The number of nitrogens with zero attached hydrogens (tertiary/aromatic N) is 1. The summed E-state index contributed by atoms with van der Waals surface area (Å²) < 4.78 is 1.07. The first-order valence-corrected chi connectivity index (χ1v) is 10.4. The van der Waals surface area contributed by atoms with Crippen molar-refractivity contribution < 1.29 is 4.79 Å². The molecule has 148 valence electrons. The molecule has 1 aliphatic rings. The van der Waals surface area contributed by atoms with Crippen LogP contribution in [0.3, 0.4) is 0 Å². The number of aromatic nitrogens is 2. The van der Waals surface area contributed by atoms with Crippen molar-refractivity contribution in [1.82, 2.24) is 9.97 Å². The van der Waals surface area contributed by atoms with E-state index in [1.54, 1.807) is 0 Å². The number of fused-ring (bicyclic) bond motifs is 5. The normalized spacial score (nSPS) is 15.3. The number of ketones is 1. The first kappa shape index (κ1) is 20.1. The molecule has 0 bridgehead atoms. The van der Waals surface area contributed by atoms with E-state index >= 15 is 0 Å². The van der Waals surface area contributed by atoms with E-state index < -0.39 is 0 Å². The molecule has 0 aliphatic heterocycles. The van der Waals surface area contributed by atoms with Crippen molar-refractivity contribution in [3.05, 3.63) is 75.5 Å². The second-order valence-corrected chi connectivity index (χ2v) is 9.46. The smallest absolute Gasteiger partial charge is 0.165 e. The number of carbonyl (C=O) groups excluding carboxylic acids is 1. The van der Waals surface area contributed by atoms with Crippen molar-refractivity contribution in [2.75, 3.05) is 0 Å². The van der Waals surface area contributed by atoms with Crippen LogP contribution in [0.15, 0.2) is 53.0 Å². The Kier molecular flexibility index (Phi) is 5.04. The Balaban J connectivity index is 0.00000205. The van der Waals surface area contributed by atoms with Gasteiger partial charge in [0.1, 0.15) is 0 Å². The fourth-order valence-electron chi connectivity index (χ4n) is 4.43. The number of H-pyrrole nitrogens is 1. The largest absolute Gasteiger partial charge is 0.353 e. The lowest BCUT2D eigenvalue weighted by Gasteiger charge is -2.30. The van der Waals surface area contributed by atoms with Gasteiger partial charge in [0.2, 0.25) is 0 Å². The first-order valence-electron chi connectivity index (χ1n) is 9.61. The highest BCUT2D eigenvalue weighted by atomic mass is 79.9. The number of hydrogen-bond acceptors (Lipinski definition) is 2. The predicted molar refractivity (Wildman–Crippen MR) is 124 cm³/mol. The van der Waals surface area contributed by atoms with Crippen molar-refractivity contribution in [2.45, 2.75) is 33.1 Å². The number of para-hydroxylation sites is 1. The summed E-state index contributed by atoms with van der Waals surface area (Å²) in [4.78, 5) is 21.7. The van der Waals surface area contributed by atoms with E-state index in [9.17, 15) is 4.79 Å². The van der Waals surface area contributed by atoms with Crippen LogP contribution in [0.1, 0.15) is 47.6 Å². The van der Waals surface area contributed by atoms with Crippen LogP contribution in [0.5, 0.6) is 0 Å². The lowest BCUT2D eigenvalue weighted by Crippen LogP contribution is -2.28. The topological polar surface area (TPSA) is 45.8 Å². The summed E-state index contributed by atoms with van der Waals surface area (Å²) in [6.45, 7) is 4.31. The molecule has 0 radical (unpaired) electrons. The van der Waals surface area contributed by atoms with E-state index in [2.05, 4.69) is 71.2 Å². The lowest BCUT2D eigenvalue weighted by atomic mass is 9.74. The molecule has 2 aromatic carbocycles. The average Bonchev–Trinajstić information content (AvgIpc) is 3.02. The monoisotopic (exact) mass is 468 g/mol. The van der Waals surface area contributed by atoms with Crippen LogP contribution in [-0.4, -0.2) is 15.8 Å². The van der Waals surface area contributed by atoms with Crippen LogP contribution in [0.25, 0.3) is 21.8 Å². The zero-order valence-electron chi connectivity index (χ0n) is 16.4. The van der Waals surface area contributed by atoms with Gasteiger partial charge in [-0.25, -0.2) is 0 Å². The number of pyridine rings is 1. The quantitative estimate of drug-likeness (QED) is 0.357. The molecule has 0 atom stereocenters. The third-order valence-corrected chi connectivity index (χ3v) is 6.18. The minimum atomic E-state index is -0.0498. The van der Waals surface area contributed by atoms with Crippen LogP contribution < -0.4 is 0 Å². The van der Waals surface area contributed by atoms with E-state index in [4.69, 9.17) is 4.98 Å². The van der Waals surface area contributed by atoms with Crippen molar-refractivity contribution in [1.29, 1.82) is 0 Å². The van der Waals surface area contributed by atoms with Gasteiger partial charge in [-0.2, -0.15) is 0 Å². The molecule has 0 fully saturated rings. The summed E-state index contributed by atoms with van der Waals surface area (Å²) in [6, 6.07) is 16.6. The Hall–Kier alpha value is -2.17. The van der Waals surface area contributed by atoms with Crippen LogP contribution >= 0.6 is 28.3 Å². The Morgan fingerprint density at radius 3 is 2.55 bits per heavy atom. The zero-order chi connectivity index (χ0) is 19.5. The molecule has 2 aromatic heterocycles. The van der Waals surface area contributed by atoms with Crippen molar-refractivity contribution in [2.24, 2.45) is 5.41 Å². The molecule has 4 aromatic rings. The highest BCUT2D eigenvalue weighted by molar-refractivity contribution is 9.10. The summed E-state index contributed by atoms with van der Waals surface area (Å²) in [5, 5.41) is 2.16. The van der Waals surface area contributed by atoms with Gasteiger partial charge >= 0.3 is 0 Å². The molecule has 1 aliphatic carbocycles. The Bertz CT molecular complexity index is 1240. The van der Waals surface area contributed by atoms with Crippen LogP contribution in [0, 0.1) is 5.41 Å². The number of aromatic amines is 1. The van der Waals surface area contributed by atoms with Crippen LogP contribution in [-0.2, 0) is 12.8 Å².